The summed E-state index contributed by atoms with van der Waals surface area (Å²) in [6.07, 6.45) is -10.0. The summed E-state index contributed by atoms with van der Waals surface area (Å²) in [5.74, 6) is -2.66. The van der Waals surface area contributed by atoms with Crippen LogP contribution in [0.25, 0.3) is 0 Å². The van der Waals surface area contributed by atoms with Crippen LogP contribution in [0.5, 0.6) is 0 Å². The van der Waals surface area contributed by atoms with E-state index in [0.29, 0.717) is 12.1 Å². The molecule has 6 nitrogen and oxygen atoms in total. The van der Waals surface area contributed by atoms with Gasteiger partial charge in [-0.1, -0.05) is 0 Å². The van der Waals surface area contributed by atoms with E-state index in [1.807, 2.05) is 0 Å². The van der Waals surface area contributed by atoms with E-state index in [1.54, 1.807) is 0 Å². The van der Waals surface area contributed by atoms with Gasteiger partial charge in [0.1, 0.15) is 0 Å². The first-order valence-electron chi connectivity index (χ1n) is 8.91. The minimum Gasteiger partial charge on any atom is -0.455 e. The zero-order valence-corrected chi connectivity index (χ0v) is 17.8. The van der Waals surface area contributed by atoms with E-state index in [4.69, 9.17) is 13.3 Å². The molecule has 0 atom stereocenters. The van der Waals surface area contributed by atoms with Gasteiger partial charge in [0.15, 0.2) is 0 Å². The van der Waals surface area contributed by atoms with Gasteiger partial charge >= 0.3 is 21.2 Å². The molecule has 13 heteroatoms. The van der Waals surface area contributed by atoms with Crippen molar-refractivity contribution in [3.63, 3.8) is 0 Å². The molecule has 0 fully saturated rings. The Kier molecular flexibility index (Phi) is 8.67. The summed E-state index contributed by atoms with van der Waals surface area (Å²) in [5.41, 5.74) is -3.07. The second kappa shape index (κ2) is 10.2. The molecule has 0 spiro atoms. The van der Waals surface area contributed by atoms with Crippen molar-refractivity contribution < 1.29 is 54.0 Å². The first kappa shape index (κ1) is 26.5. The first-order chi connectivity index (χ1) is 14.0. The summed E-state index contributed by atoms with van der Waals surface area (Å²) >= 11 is 0. The highest BCUT2D eigenvalue weighted by molar-refractivity contribution is 6.65. The summed E-state index contributed by atoms with van der Waals surface area (Å²) < 4.78 is 92.5. The number of rotatable bonds is 8. The predicted molar refractivity (Wildman–Crippen MR) is 95.2 cm³/mol. The van der Waals surface area contributed by atoms with E-state index in [1.165, 1.54) is 0 Å². The van der Waals surface area contributed by atoms with Gasteiger partial charge < -0.3 is 13.3 Å². The van der Waals surface area contributed by atoms with Crippen molar-refractivity contribution in [3.05, 3.63) is 34.9 Å². The molecule has 0 aromatic heterocycles. The quantitative estimate of drug-likeness (QED) is 0.309. The Morgan fingerprint density at radius 3 is 1.45 bits per heavy atom. The molecule has 1 aromatic carbocycles. The lowest BCUT2D eigenvalue weighted by atomic mass is 10.0. The highest BCUT2D eigenvalue weighted by Gasteiger charge is 2.51. The van der Waals surface area contributed by atoms with Gasteiger partial charge in [-0.05, 0) is 43.0 Å². The normalized spacial score (nSPS) is 12.3. The van der Waals surface area contributed by atoms with Crippen LogP contribution in [-0.4, -0.2) is 26.7 Å². The van der Waals surface area contributed by atoms with Crippen LogP contribution in [0.3, 0.4) is 0 Å². The maximum atomic E-state index is 12.9. The Balaban J connectivity index is 3.00. The molecular formula is C18H20F6O6Si. The van der Waals surface area contributed by atoms with Gasteiger partial charge in [0.25, 0.3) is 17.9 Å². The van der Waals surface area contributed by atoms with Gasteiger partial charge in [0.2, 0.25) is 0 Å². The van der Waals surface area contributed by atoms with Crippen LogP contribution in [0.1, 0.15) is 50.3 Å². The summed E-state index contributed by atoms with van der Waals surface area (Å²) in [6, 6.07) is 1.02. The number of unbranched alkanes of at least 4 members (excludes halogenated alkanes) is 1. The molecule has 174 valence electrons. The Hall–Kier alpha value is -2.57. The molecule has 31 heavy (non-hydrogen) atoms. The van der Waals surface area contributed by atoms with E-state index >= 15 is 0 Å². The van der Waals surface area contributed by atoms with E-state index < -0.39 is 50.2 Å². The molecule has 0 saturated heterocycles. The fourth-order valence-electron chi connectivity index (χ4n) is 2.71. The Bertz CT molecular complexity index is 748. The number of hydrogen-bond donors (Lipinski definition) is 0. The molecule has 1 aromatic rings. The van der Waals surface area contributed by atoms with E-state index in [-0.39, 0.29) is 36.9 Å². The van der Waals surface area contributed by atoms with Crippen LogP contribution < -0.4 is 0 Å². The average Bonchev–Trinajstić information content (AvgIpc) is 2.55. The lowest BCUT2D eigenvalue weighted by molar-refractivity contribution is -0.148. The third-order valence-corrected chi connectivity index (χ3v) is 6.50. The zero-order chi connectivity index (χ0) is 24.0. The SMILES string of the molecule is CC(=O)O[Si](CCCCc1cc(C(F)(F)F)cc(C(F)(F)F)c1)(OC(C)=O)OC(C)=O. The molecule has 0 unspecified atom stereocenters. The molecule has 0 heterocycles. The minimum absolute atomic E-state index is 0.0255. The minimum atomic E-state index is -4.96. The van der Waals surface area contributed by atoms with Crippen LogP contribution in [-0.2, 0) is 46.4 Å². The average molecular weight is 474 g/mol. The first-order valence-corrected chi connectivity index (χ1v) is 10.8. The van der Waals surface area contributed by atoms with E-state index in [0.717, 1.165) is 20.8 Å². The molecule has 0 aliphatic heterocycles. The number of aryl methyl sites for hydroxylation is 1. The fourth-order valence-corrected chi connectivity index (χ4v) is 5.13. The van der Waals surface area contributed by atoms with E-state index in [9.17, 15) is 40.7 Å². The maximum Gasteiger partial charge on any atom is 0.705 e. The number of alkyl halides is 6. The van der Waals surface area contributed by atoms with Crippen molar-refractivity contribution in [2.24, 2.45) is 0 Å². The van der Waals surface area contributed by atoms with Crippen molar-refractivity contribution in [3.8, 4) is 0 Å². The second-order valence-corrected chi connectivity index (χ2v) is 9.06. The number of halogens is 6. The van der Waals surface area contributed by atoms with Crippen LogP contribution in [0.2, 0.25) is 6.04 Å². The molecular weight excluding hydrogens is 454 g/mol. The summed E-state index contributed by atoms with van der Waals surface area (Å²) in [7, 11) is -4.11. The highest BCUT2D eigenvalue weighted by Crippen LogP contribution is 2.36. The topological polar surface area (TPSA) is 78.9 Å². The lowest BCUT2D eigenvalue weighted by Gasteiger charge is -2.26. The molecule has 1 rings (SSSR count). The number of hydrogen-bond acceptors (Lipinski definition) is 6. The smallest absolute Gasteiger partial charge is 0.455 e. The van der Waals surface area contributed by atoms with Crippen molar-refractivity contribution in [2.75, 3.05) is 0 Å². The molecule has 0 radical (unpaired) electrons. The third-order valence-electron chi connectivity index (χ3n) is 3.74. The Morgan fingerprint density at radius 2 is 1.13 bits per heavy atom. The molecule has 0 amide bonds. The summed E-state index contributed by atoms with van der Waals surface area (Å²) in [5, 5.41) is 0. The third kappa shape index (κ3) is 8.98. The van der Waals surface area contributed by atoms with Crippen molar-refractivity contribution in [2.45, 2.75) is 58.4 Å². The monoisotopic (exact) mass is 474 g/mol. The van der Waals surface area contributed by atoms with Gasteiger partial charge in [0, 0.05) is 20.8 Å². The zero-order valence-electron chi connectivity index (χ0n) is 16.8. The molecule has 0 N–H and O–H groups in total. The van der Waals surface area contributed by atoms with Crippen molar-refractivity contribution in [1.29, 1.82) is 0 Å². The van der Waals surface area contributed by atoms with Crippen molar-refractivity contribution >= 4 is 26.7 Å². The van der Waals surface area contributed by atoms with Crippen molar-refractivity contribution in [1.82, 2.24) is 0 Å². The van der Waals surface area contributed by atoms with Gasteiger partial charge in [-0.15, -0.1) is 0 Å². The number of carbonyl (C=O) groups excluding carboxylic acids is 3. The maximum absolute atomic E-state index is 12.9. The molecule has 0 aliphatic carbocycles. The Labute approximate surface area is 174 Å². The van der Waals surface area contributed by atoms with Crippen LogP contribution in [0.4, 0.5) is 26.3 Å². The Morgan fingerprint density at radius 1 is 0.742 bits per heavy atom. The van der Waals surface area contributed by atoms with Gasteiger partial charge in [-0.25, -0.2) is 0 Å². The van der Waals surface area contributed by atoms with Gasteiger partial charge in [-0.3, -0.25) is 14.4 Å². The highest BCUT2D eigenvalue weighted by atomic mass is 28.4. The lowest BCUT2D eigenvalue weighted by Crippen LogP contribution is -2.49. The van der Waals surface area contributed by atoms with Gasteiger partial charge in [0.05, 0.1) is 17.2 Å². The van der Waals surface area contributed by atoms with Crippen LogP contribution in [0, 0.1) is 0 Å². The van der Waals surface area contributed by atoms with E-state index in [2.05, 4.69) is 0 Å². The standard InChI is InChI=1S/C18H20F6O6Si/c1-11(25)28-31(29-12(2)26,30-13(3)27)7-5-4-6-14-8-15(17(19,20)21)10-16(9-14)18(22,23)24/h8-10H,4-7H2,1-3H3. The van der Waals surface area contributed by atoms with Gasteiger partial charge in [-0.2, -0.15) is 26.3 Å². The molecule has 0 bridgehead atoms. The number of benzene rings is 1. The number of carbonyl (C=O) groups is 3. The molecule has 0 aliphatic rings. The van der Waals surface area contributed by atoms with Crippen LogP contribution >= 0.6 is 0 Å². The second-order valence-electron chi connectivity index (χ2n) is 6.59. The summed E-state index contributed by atoms with van der Waals surface area (Å²) in [6.45, 7) is 2.99. The molecule has 0 saturated carbocycles. The fraction of sp³-hybridized carbons (Fsp3) is 0.500. The predicted octanol–water partition coefficient (Wildman–Crippen LogP) is 4.68. The largest absolute Gasteiger partial charge is 0.705 e. The summed E-state index contributed by atoms with van der Waals surface area (Å²) in [4.78, 5) is 34.1. The van der Waals surface area contributed by atoms with Crippen LogP contribution in [0.15, 0.2) is 18.2 Å².